The van der Waals surface area contributed by atoms with Crippen molar-refractivity contribution in [1.82, 2.24) is 9.72 Å². The second-order valence-electron chi connectivity index (χ2n) is 5.57. The second kappa shape index (κ2) is 7.04. The molecular formula is C18H17N3O4. The van der Waals surface area contributed by atoms with Gasteiger partial charge in [-0.15, -0.1) is 0 Å². The fourth-order valence-corrected chi connectivity index (χ4v) is 2.25. The van der Waals surface area contributed by atoms with E-state index in [9.17, 15) is 9.59 Å². The van der Waals surface area contributed by atoms with Crippen LogP contribution in [0.3, 0.4) is 0 Å². The molecule has 7 heteroatoms. The van der Waals surface area contributed by atoms with Crippen LogP contribution in [0, 0.1) is 6.92 Å². The van der Waals surface area contributed by atoms with Gasteiger partial charge in [0.2, 0.25) is 5.88 Å². The van der Waals surface area contributed by atoms with Crippen LogP contribution in [0.4, 0.5) is 5.88 Å². The molecule has 128 valence electrons. The Bertz CT molecular complexity index is 893. The average molecular weight is 339 g/mol. The van der Waals surface area contributed by atoms with Gasteiger partial charge >= 0.3 is 5.97 Å². The van der Waals surface area contributed by atoms with E-state index in [4.69, 9.17) is 9.26 Å². The third-order valence-corrected chi connectivity index (χ3v) is 3.61. The zero-order valence-electron chi connectivity index (χ0n) is 13.9. The van der Waals surface area contributed by atoms with E-state index in [0.717, 1.165) is 11.1 Å². The van der Waals surface area contributed by atoms with Crippen LogP contribution in [0.15, 0.2) is 53.2 Å². The maximum absolute atomic E-state index is 11.9. The summed E-state index contributed by atoms with van der Waals surface area (Å²) in [6.07, 6.45) is 1.72. The number of amides is 1. The number of nitrogens with zero attached hydrogens (tertiary/aromatic N) is 2. The van der Waals surface area contributed by atoms with E-state index in [1.54, 1.807) is 36.0 Å². The standard InChI is InChI=1S/C18H17N3O4/c1-12-5-7-13(8-6-12)14-10-17(25-20-14)19-16(22)11-24-18(23)15-4-3-9-21(15)2/h3-10H,11H2,1-2H3,(H,19,22). The Hall–Kier alpha value is -3.35. The fourth-order valence-electron chi connectivity index (χ4n) is 2.25. The first-order valence-corrected chi connectivity index (χ1v) is 7.65. The lowest BCUT2D eigenvalue weighted by Gasteiger charge is -2.05. The highest BCUT2D eigenvalue weighted by molar-refractivity contribution is 5.94. The highest BCUT2D eigenvalue weighted by Gasteiger charge is 2.14. The van der Waals surface area contributed by atoms with E-state index in [2.05, 4.69) is 10.5 Å². The first-order valence-electron chi connectivity index (χ1n) is 7.65. The lowest BCUT2D eigenvalue weighted by molar-refractivity contribution is -0.119. The van der Waals surface area contributed by atoms with Gasteiger partial charge in [0.15, 0.2) is 6.61 Å². The van der Waals surface area contributed by atoms with Gasteiger partial charge in [0.1, 0.15) is 11.4 Å². The van der Waals surface area contributed by atoms with Gasteiger partial charge in [-0.2, -0.15) is 0 Å². The lowest BCUT2D eigenvalue weighted by Crippen LogP contribution is -2.21. The molecule has 1 aromatic carbocycles. The van der Waals surface area contributed by atoms with Gasteiger partial charge in [-0.1, -0.05) is 35.0 Å². The van der Waals surface area contributed by atoms with E-state index < -0.39 is 18.5 Å². The monoisotopic (exact) mass is 339 g/mol. The highest BCUT2D eigenvalue weighted by atomic mass is 16.5. The topological polar surface area (TPSA) is 86.4 Å². The van der Waals surface area contributed by atoms with Gasteiger partial charge in [0.05, 0.1) is 0 Å². The van der Waals surface area contributed by atoms with Gasteiger partial charge in [-0.25, -0.2) is 4.79 Å². The van der Waals surface area contributed by atoms with Crippen molar-refractivity contribution in [2.75, 3.05) is 11.9 Å². The van der Waals surface area contributed by atoms with Crippen molar-refractivity contribution in [3.05, 3.63) is 59.9 Å². The molecule has 0 saturated heterocycles. The quantitative estimate of drug-likeness (QED) is 0.722. The first-order chi connectivity index (χ1) is 12.0. The minimum atomic E-state index is -0.569. The fraction of sp³-hybridized carbons (Fsp3) is 0.167. The normalized spacial score (nSPS) is 10.5. The number of benzene rings is 1. The SMILES string of the molecule is Cc1ccc(-c2cc(NC(=O)COC(=O)c3cccn3C)on2)cc1. The second-order valence-corrected chi connectivity index (χ2v) is 5.57. The number of ether oxygens (including phenoxy) is 1. The van der Waals surface area contributed by atoms with Crippen molar-refractivity contribution < 1.29 is 18.8 Å². The van der Waals surface area contributed by atoms with E-state index in [1.165, 1.54) is 0 Å². The molecular weight excluding hydrogens is 322 g/mol. The molecule has 0 fully saturated rings. The van der Waals surface area contributed by atoms with Crippen molar-refractivity contribution in [2.24, 2.45) is 7.05 Å². The summed E-state index contributed by atoms with van der Waals surface area (Å²) in [5.74, 6) is -0.884. The number of anilines is 1. The number of aryl methyl sites for hydroxylation is 2. The molecule has 0 aliphatic carbocycles. The van der Waals surface area contributed by atoms with Gasteiger partial charge in [0.25, 0.3) is 5.91 Å². The number of carbonyl (C=O) groups excluding carboxylic acids is 2. The summed E-state index contributed by atoms with van der Waals surface area (Å²) in [5, 5.41) is 6.42. The van der Waals surface area contributed by atoms with Crippen molar-refractivity contribution in [2.45, 2.75) is 6.92 Å². The molecule has 1 amide bonds. The predicted octanol–water partition coefficient (Wildman–Crippen LogP) is 2.78. The largest absolute Gasteiger partial charge is 0.451 e. The van der Waals surface area contributed by atoms with Crippen LogP contribution < -0.4 is 5.32 Å². The Morgan fingerprint density at radius 1 is 1.24 bits per heavy atom. The summed E-state index contributed by atoms with van der Waals surface area (Å²) >= 11 is 0. The summed E-state index contributed by atoms with van der Waals surface area (Å²) in [6, 6.07) is 12.7. The molecule has 3 rings (SSSR count). The summed E-state index contributed by atoms with van der Waals surface area (Å²) in [6.45, 7) is 1.58. The molecule has 7 nitrogen and oxygen atoms in total. The van der Waals surface area contributed by atoms with Gasteiger partial charge in [-0.05, 0) is 19.1 Å². The number of aromatic nitrogens is 2. The van der Waals surface area contributed by atoms with E-state index in [1.807, 2.05) is 31.2 Å². The Kier molecular flexibility index (Phi) is 4.65. The number of hydrogen-bond donors (Lipinski definition) is 1. The lowest BCUT2D eigenvalue weighted by atomic mass is 10.1. The minimum Gasteiger partial charge on any atom is -0.451 e. The predicted molar refractivity (Wildman–Crippen MR) is 91.0 cm³/mol. The molecule has 0 aliphatic heterocycles. The molecule has 25 heavy (non-hydrogen) atoms. The van der Waals surface area contributed by atoms with Crippen LogP contribution in [0.1, 0.15) is 16.1 Å². The van der Waals surface area contributed by atoms with Crippen LogP contribution in [-0.4, -0.2) is 28.2 Å². The van der Waals surface area contributed by atoms with Crippen molar-refractivity contribution in [3.63, 3.8) is 0 Å². The number of nitrogens with one attached hydrogen (secondary N) is 1. The van der Waals surface area contributed by atoms with Crippen LogP contribution in [0.2, 0.25) is 0 Å². The average Bonchev–Trinajstić information content (AvgIpc) is 3.22. The maximum atomic E-state index is 11.9. The molecule has 0 radical (unpaired) electrons. The van der Waals surface area contributed by atoms with Crippen LogP contribution in [0.25, 0.3) is 11.3 Å². The number of rotatable bonds is 5. The highest BCUT2D eigenvalue weighted by Crippen LogP contribution is 2.21. The molecule has 2 heterocycles. The Balaban J connectivity index is 1.56. The summed E-state index contributed by atoms with van der Waals surface area (Å²) in [4.78, 5) is 23.7. The molecule has 0 atom stereocenters. The Morgan fingerprint density at radius 3 is 2.68 bits per heavy atom. The van der Waals surface area contributed by atoms with Gasteiger partial charge < -0.3 is 13.8 Å². The summed E-state index contributed by atoms with van der Waals surface area (Å²) < 4.78 is 11.7. The third-order valence-electron chi connectivity index (χ3n) is 3.61. The van der Waals surface area contributed by atoms with Crippen molar-refractivity contribution >= 4 is 17.8 Å². The van der Waals surface area contributed by atoms with E-state index in [0.29, 0.717) is 11.4 Å². The molecule has 0 spiro atoms. The number of esters is 1. The first kappa shape index (κ1) is 16.5. The summed E-state index contributed by atoms with van der Waals surface area (Å²) in [5.41, 5.74) is 3.00. The van der Waals surface area contributed by atoms with E-state index in [-0.39, 0.29) is 5.88 Å². The Labute approximate surface area is 144 Å². The van der Waals surface area contributed by atoms with Crippen LogP contribution >= 0.6 is 0 Å². The minimum absolute atomic E-state index is 0.190. The molecule has 1 N–H and O–H groups in total. The van der Waals surface area contributed by atoms with Crippen LogP contribution in [0.5, 0.6) is 0 Å². The van der Waals surface area contributed by atoms with E-state index >= 15 is 0 Å². The molecule has 0 saturated carbocycles. The Morgan fingerprint density at radius 2 is 2.00 bits per heavy atom. The van der Waals surface area contributed by atoms with Crippen molar-refractivity contribution in [3.8, 4) is 11.3 Å². The van der Waals surface area contributed by atoms with Crippen molar-refractivity contribution in [1.29, 1.82) is 0 Å². The molecule has 2 aromatic heterocycles. The number of carbonyl (C=O) groups is 2. The number of hydrogen-bond acceptors (Lipinski definition) is 5. The third kappa shape index (κ3) is 3.95. The molecule has 0 bridgehead atoms. The maximum Gasteiger partial charge on any atom is 0.355 e. The smallest absolute Gasteiger partial charge is 0.355 e. The summed E-state index contributed by atoms with van der Waals surface area (Å²) in [7, 11) is 1.72. The molecule has 0 unspecified atom stereocenters. The zero-order chi connectivity index (χ0) is 17.8. The van der Waals surface area contributed by atoms with Gasteiger partial charge in [0, 0.05) is 24.9 Å². The molecule has 0 aliphatic rings. The zero-order valence-corrected chi connectivity index (χ0v) is 13.9. The van der Waals surface area contributed by atoms with Crippen LogP contribution in [-0.2, 0) is 16.6 Å². The molecule has 3 aromatic rings. The van der Waals surface area contributed by atoms with Gasteiger partial charge in [-0.3, -0.25) is 10.1 Å².